The third kappa shape index (κ3) is 3.27. The van der Waals surface area contributed by atoms with Crippen molar-refractivity contribution in [3.05, 3.63) is 45.8 Å². The fourth-order valence-corrected chi connectivity index (χ4v) is 3.19. The Hall–Kier alpha value is -1.08. The quantitative estimate of drug-likeness (QED) is 0.872. The Balaban J connectivity index is 2.41. The number of nitrogens with one attached hydrogen (secondary N) is 1. The van der Waals surface area contributed by atoms with Gasteiger partial charge in [-0.3, -0.25) is 4.72 Å². The summed E-state index contributed by atoms with van der Waals surface area (Å²) in [7, 11) is -3.90. The largest absolute Gasteiger partial charge is 0.264 e. The van der Waals surface area contributed by atoms with E-state index in [0.717, 1.165) is 0 Å². The zero-order valence-corrected chi connectivity index (χ0v) is 12.2. The minimum Gasteiger partial charge on any atom is -0.263 e. The fourth-order valence-electron chi connectivity index (χ4n) is 1.28. The lowest BCUT2D eigenvalue weighted by molar-refractivity contribution is 0.601. The first kappa shape index (κ1) is 14.3. The van der Waals surface area contributed by atoms with Crippen LogP contribution in [0.2, 0.25) is 15.3 Å². The van der Waals surface area contributed by atoms with E-state index in [9.17, 15) is 8.42 Å². The van der Waals surface area contributed by atoms with E-state index >= 15 is 0 Å². The molecular weight excluding hydrogens is 333 g/mol. The van der Waals surface area contributed by atoms with Crippen LogP contribution in [0.5, 0.6) is 0 Å². The lowest BCUT2D eigenvalue weighted by Gasteiger charge is -2.09. The van der Waals surface area contributed by atoms with Crippen molar-refractivity contribution in [3.8, 4) is 0 Å². The number of hydrogen-bond donors (Lipinski definition) is 1. The summed E-state index contributed by atoms with van der Waals surface area (Å²) in [6.07, 6.45) is 1.33. The first-order valence-corrected chi connectivity index (χ1v) is 7.47. The number of hydrogen-bond acceptors (Lipinski definition) is 4. The van der Waals surface area contributed by atoms with E-state index in [1.165, 1.54) is 30.5 Å². The first-order chi connectivity index (χ1) is 8.90. The van der Waals surface area contributed by atoms with Crippen molar-refractivity contribution in [3.63, 3.8) is 0 Å². The van der Waals surface area contributed by atoms with Gasteiger partial charge in [-0.15, -0.1) is 0 Å². The van der Waals surface area contributed by atoms with E-state index in [2.05, 4.69) is 14.7 Å². The molecule has 0 saturated heterocycles. The molecular formula is C10H6Cl3N3O2S. The maximum absolute atomic E-state index is 12.1. The number of rotatable bonds is 3. The van der Waals surface area contributed by atoms with Crippen LogP contribution >= 0.6 is 34.8 Å². The van der Waals surface area contributed by atoms with Crippen molar-refractivity contribution in [2.45, 2.75) is 4.90 Å². The van der Waals surface area contributed by atoms with Crippen LogP contribution in [0.25, 0.3) is 0 Å². The van der Waals surface area contributed by atoms with Gasteiger partial charge in [0.2, 0.25) is 5.28 Å². The smallest absolute Gasteiger partial charge is 0.263 e. The van der Waals surface area contributed by atoms with E-state index < -0.39 is 10.0 Å². The van der Waals surface area contributed by atoms with Gasteiger partial charge in [0.05, 0.1) is 10.0 Å². The minimum absolute atomic E-state index is 0.0380. The van der Waals surface area contributed by atoms with Crippen molar-refractivity contribution >= 4 is 50.6 Å². The number of anilines is 1. The summed E-state index contributed by atoms with van der Waals surface area (Å²) < 4.78 is 26.5. The molecule has 2 rings (SSSR count). The van der Waals surface area contributed by atoms with Crippen LogP contribution in [-0.4, -0.2) is 18.4 Å². The van der Waals surface area contributed by atoms with Crippen LogP contribution in [0.15, 0.2) is 35.4 Å². The number of benzene rings is 1. The van der Waals surface area contributed by atoms with Crippen LogP contribution in [-0.2, 0) is 10.0 Å². The molecule has 0 aliphatic rings. The number of aromatic nitrogens is 2. The molecule has 0 amide bonds. The molecule has 2 aromatic rings. The summed E-state index contributed by atoms with van der Waals surface area (Å²) in [5.41, 5.74) is 0. The van der Waals surface area contributed by atoms with E-state index in [0.29, 0.717) is 0 Å². The fraction of sp³-hybridized carbons (Fsp3) is 0. The van der Waals surface area contributed by atoms with E-state index in [4.69, 9.17) is 34.8 Å². The molecule has 0 aliphatic heterocycles. The van der Waals surface area contributed by atoms with Crippen LogP contribution < -0.4 is 4.72 Å². The van der Waals surface area contributed by atoms with Gasteiger partial charge in [-0.25, -0.2) is 13.4 Å². The molecule has 0 atom stereocenters. The van der Waals surface area contributed by atoms with Gasteiger partial charge in [-0.2, -0.15) is 4.98 Å². The minimum atomic E-state index is -3.90. The van der Waals surface area contributed by atoms with Crippen molar-refractivity contribution in [2.24, 2.45) is 0 Å². The SMILES string of the molecule is O=S(=O)(Nc1ccnc(Cl)n1)c1cccc(Cl)c1Cl. The molecule has 5 nitrogen and oxygen atoms in total. The van der Waals surface area contributed by atoms with E-state index in [1.807, 2.05) is 0 Å². The molecule has 1 aromatic carbocycles. The van der Waals surface area contributed by atoms with Crippen LogP contribution in [0.3, 0.4) is 0 Å². The molecule has 0 radical (unpaired) electrons. The number of sulfonamides is 1. The predicted octanol–water partition coefficient (Wildman–Crippen LogP) is 3.24. The van der Waals surface area contributed by atoms with Crippen molar-refractivity contribution in [1.29, 1.82) is 0 Å². The molecule has 0 saturated carbocycles. The van der Waals surface area contributed by atoms with Crippen LogP contribution in [0, 0.1) is 0 Å². The Labute approximate surface area is 124 Å². The highest BCUT2D eigenvalue weighted by atomic mass is 35.5. The van der Waals surface area contributed by atoms with Gasteiger partial charge in [-0.1, -0.05) is 29.3 Å². The van der Waals surface area contributed by atoms with Gasteiger partial charge in [0.25, 0.3) is 10.0 Å². The van der Waals surface area contributed by atoms with Gasteiger partial charge in [0.1, 0.15) is 10.7 Å². The van der Waals surface area contributed by atoms with Gasteiger partial charge in [0, 0.05) is 6.20 Å². The standard InChI is InChI=1S/C10H6Cl3N3O2S/c11-6-2-1-3-7(9(6)12)19(17,18)16-8-4-5-14-10(13)15-8/h1-5H,(H,14,15,16). The van der Waals surface area contributed by atoms with Gasteiger partial charge in [0.15, 0.2) is 0 Å². The number of nitrogens with zero attached hydrogens (tertiary/aromatic N) is 2. The second-order valence-corrected chi connectivity index (χ2v) is 6.14. The summed E-state index contributed by atoms with van der Waals surface area (Å²) >= 11 is 17.2. The second kappa shape index (κ2) is 5.50. The zero-order chi connectivity index (χ0) is 14.0. The zero-order valence-electron chi connectivity index (χ0n) is 9.14. The van der Waals surface area contributed by atoms with Crippen LogP contribution in [0.1, 0.15) is 0 Å². The van der Waals surface area contributed by atoms with Crippen molar-refractivity contribution in [1.82, 2.24) is 9.97 Å². The molecule has 19 heavy (non-hydrogen) atoms. The molecule has 9 heteroatoms. The molecule has 1 aromatic heterocycles. The Morgan fingerprint density at radius 3 is 2.53 bits per heavy atom. The highest BCUT2D eigenvalue weighted by Crippen LogP contribution is 2.29. The molecule has 0 spiro atoms. The average Bonchev–Trinajstić information content (AvgIpc) is 2.32. The van der Waals surface area contributed by atoms with Gasteiger partial charge in [-0.05, 0) is 29.8 Å². The van der Waals surface area contributed by atoms with Crippen molar-refractivity contribution < 1.29 is 8.42 Å². The van der Waals surface area contributed by atoms with E-state index in [-0.39, 0.29) is 26.0 Å². The highest BCUT2D eigenvalue weighted by Gasteiger charge is 2.20. The molecule has 1 heterocycles. The van der Waals surface area contributed by atoms with Crippen molar-refractivity contribution in [2.75, 3.05) is 4.72 Å². The van der Waals surface area contributed by atoms with Crippen LogP contribution in [0.4, 0.5) is 5.82 Å². The van der Waals surface area contributed by atoms with Gasteiger partial charge < -0.3 is 0 Å². The average molecular weight is 339 g/mol. The summed E-state index contributed by atoms with van der Waals surface area (Å²) in [6, 6.07) is 5.67. The molecule has 0 aliphatic carbocycles. The lowest BCUT2D eigenvalue weighted by atomic mass is 10.4. The number of halogens is 3. The summed E-state index contributed by atoms with van der Waals surface area (Å²) in [6.45, 7) is 0. The molecule has 0 bridgehead atoms. The highest BCUT2D eigenvalue weighted by molar-refractivity contribution is 7.92. The Morgan fingerprint density at radius 2 is 1.84 bits per heavy atom. The maximum atomic E-state index is 12.1. The lowest BCUT2D eigenvalue weighted by Crippen LogP contribution is -2.14. The Kier molecular flexibility index (Phi) is 4.15. The summed E-state index contributed by atoms with van der Waals surface area (Å²) in [4.78, 5) is 7.23. The normalized spacial score (nSPS) is 11.3. The third-order valence-electron chi connectivity index (χ3n) is 2.07. The topological polar surface area (TPSA) is 72.0 Å². The molecule has 0 unspecified atom stereocenters. The molecule has 1 N–H and O–H groups in total. The van der Waals surface area contributed by atoms with Gasteiger partial charge >= 0.3 is 0 Å². The maximum Gasteiger partial charge on any atom is 0.264 e. The van der Waals surface area contributed by atoms with E-state index in [1.54, 1.807) is 0 Å². The summed E-state index contributed by atoms with van der Waals surface area (Å²) in [5.74, 6) is 0.0380. The first-order valence-electron chi connectivity index (χ1n) is 4.85. The Bertz CT molecular complexity index is 722. The third-order valence-corrected chi connectivity index (χ3v) is 4.58. The second-order valence-electron chi connectivity index (χ2n) is 3.37. The predicted molar refractivity (Wildman–Crippen MR) is 74.3 cm³/mol. The molecule has 100 valence electrons. The molecule has 0 fully saturated rings. The Morgan fingerprint density at radius 1 is 1.11 bits per heavy atom. The monoisotopic (exact) mass is 337 g/mol. The summed E-state index contributed by atoms with van der Waals surface area (Å²) in [5, 5.41) is 0.0134.